The average Bonchev–Trinajstić information content (AvgIpc) is 3.21. The SMILES string of the molecule is CCCNC(=O)c1[nH]c2ncc(NS(=O)(=O)c3ccc(C(C)(C)C)cc3)cc2c1-c1ccccc1. The molecule has 3 N–H and O–H groups in total. The van der Waals surface area contributed by atoms with Crippen molar-refractivity contribution < 1.29 is 13.2 Å². The number of fused-ring (bicyclic) bond motifs is 1. The van der Waals surface area contributed by atoms with E-state index in [4.69, 9.17) is 0 Å². The number of pyridine rings is 1. The summed E-state index contributed by atoms with van der Waals surface area (Å²) < 4.78 is 28.8. The highest BCUT2D eigenvalue weighted by Gasteiger charge is 2.22. The smallest absolute Gasteiger partial charge is 0.268 e. The summed E-state index contributed by atoms with van der Waals surface area (Å²) in [6.45, 7) is 8.77. The lowest BCUT2D eigenvalue weighted by molar-refractivity contribution is 0.0950. The largest absolute Gasteiger partial charge is 0.351 e. The summed E-state index contributed by atoms with van der Waals surface area (Å²) in [4.78, 5) is 20.6. The number of anilines is 1. The summed E-state index contributed by atoms with van der Waals surface area (Å²) in [5, 5.41) is 3.55. The van der Waals surface area contributed by atoms with Gasteiger partial charge in [0.25, 0.3) is 15.9 Å². The van der Waals surface area contributed by atoms with Gasteiger partial charge in [-0.25, -0.2) is 13.4 Å². The van der Waals surface area contributed by atoms with E-state index in [9.17, 15) is 13.2 Å². The normalized spacial score (nSPS) is 12.0. The fraction of sp³-hybridized carbons (Fsp3) is 0.259. The molecule has 0 aliphatic carbocycles. The molecule has 0 spiro atoms. The van der Waals surface area contributed by atoms with Gasteiger partial charge in [0.2, 0.25) is 0 Å². The maximum atomic E-state index is 13.1. The molecule has 7 nitrogen and oxygen atoms in total. The molecular weight excluding hydrogens is 460 g/mol. The summed E-state index contributed by atoms with van der Waals surface area (Å²) in [6, 6.07) is 18.1. The number of hydrogen-bond donors (Lipinski definition) is 3. The van der Waals surface area contributed by atoms with Gasteiger partial charge in [0.05, 0.1) is 16.8 Å². The van der Waals surface area contributed by atoms with Crippen molar-refractivity contribution in [2.45, 2.75) is 44.4 Å². The van der Waals surface area contributed by atoms with Crippen molar-refractivity contribution in [1.82, 2.24) is 15.3 Å². The third-order valence-corrected chi connectivity index (χ3v) is 7.16. The zero-order valence-electron chi connectivity index (χ0n) is 20.3. The molecule has 0 atom stereocenters. The second-order valence-corrected chi connectivity index (χ2v) is 11.2. The zero-order chi connectivity index (χ0) is 25.2. The van der Waals surface area contributed by atoms with Crippen LogP contribution < -0.4 is 10.0 Å². The average molecular weight is 491 g/mol. The van der Waals surface area contributed by atoms with Gasteiger partial charge in [0.1, 0.15) is 11.3 Å². The highest BCUT2D eigenvalue weighted by Crippen LogP contribution is 2.33. The van der Waals surface area contributed by atoms with Gasteiger partial charge in [-0.1, -0.05) is 70.2 Å². The molecular formula is C27H30N4O3S. The molecule has 0 saturated carbocycles. The van der Waals surface area contributed by atoms with E-state index in [0.717, 1.165) is 17.5 Å². The van der Waals surface area contributed by atoms with Crippen molar-refractivity contribution in [3.8, 4) is 11.1 Å². The Kier molecular flexibility index (Phi) is 6.67. The molecule has 35 heavy (non-hydrogen) atoms. The van der Waals surface area contributed by atoms with Gasteiger partial charge in [-0.3, -0.25) is 9.52 Å². The standard InChI is InChI=1S/C27H30N4O3S/c1-5-15-28-26(32)24-23(18-9-7-6-8-10-18)22-16-20(17-29-25(22)30-24)31-35(33,34)21-13-11-19(12-14-21)27(2,3)4/h6-14,16-17,31H,5,15H2,1-4H3,(H,28,32)(H,29,30). The van der Waals surface area contributed by atoms with Crippen LogP contribution in [-0.2, 0) is 15.4 Å². The van der Waals surface area contributed by atoms with Gasteiger partial charge in [-0.05, 0) is 41.2 Å². The van der Waals surface area contributed by atoms with E-state index in [1.807, 2.05) is 49.4 Å². The van der Waals surface area contributed by atoms with Gasteiger partial charge < -0.3 is 10.3 Å². The number of amides is 1. The van der Waals surface area contributed by atoms with Gasteiger partial charge in [0.15, 0.2) is 0 Å². The first-order chi connectivity index (χ1) is 16.6. The molecule has 2 aromatic carbocycles. The molecule has 8 heteroatoms. The first-order valence-electron chi connectivity index (χ1n) is 11.6. The molecule has 0 aliphatic heterocycles. The van der Waals surface area contributed by atoms with Crippen LogP contribution in [0.1, 0.15) is 50.2 Å². The van der Waals surface area contributed by atoms with Crippen molar-refractivity contribution in [1.29, 1.82) is 0 Å². The van der Waals surface area contributed by atoms with Gasteiger partial charge in [-0.2, -0.15) is 0 Å². The van der Waals surface area contributed by atoms with Crippen LogP contribution in [0.4, 0.5) is 5.69 Å². The molecule has 0 fully saturated rings. The fourth-order valence-corrected chi connectivity index (χ4v) is 4.91. The molecule has 4 aromatic rings. The minimum absolute atomic E-state index is 0.0755. The number of rotatable bonds is 7. The molecule has 2 heterocycles. The van der Waals surface area contributed by atoms with E-state index in [1.54, 1.807) is 18.2 Å². The lowest BCUT2D eigenvalue weighted by atomic mass is 9.87. The Morgan fingerprint density at radius 3 is 2.34 bits per heavy atom. The summed E-state index contributed by atoms with van der Waals surface area (Å²) in [5.41, 5.74) is 3.70. The van der Waals surface area contributed by atoms with Crippen LogP contribution in [0.3, 0.4) is 0 Å². The Balaban J connectivity index is 1.74. The van der Waals surface area contributed by atoms with E-state index in [0.29, 0.717) is 34.5 Å². The first-order valence-corrected chi connectivity index (χ1v) is 13.1. The predicted molar refractivity (Wildman–Crippen MR) is 140 cm³/mol. The van der Waals surface area contributed by atoms with E-state index in [2.05, 4.69) is 40.8 Å². The number of benzene rings is 2. The molecule has 0 aliphatic rings. The topological polar surface area (TPSA) is 104 Å². The first kappa shape index (κ1) is 24.5. The van der Waals surface area contributed by atoms with Crippen molar-refractivity contribution in [3.63, 3.8) is 0 Å². The number of hydrogen-bond acceptors (Lipinski definition) is 4. The monoisotopic (exact) mass is 490 g/mol. The van der Waals surface area contributed by atoms with Crippen molar-refractivity contribution in [3.05, 3.63) is 78.1 Å². The van der Waals surface area contributed by atoms with Crippen LogP contribution in [0, 0.1) is 0 Å². The number of carbonyl (C=O) groups is 1. The summed E-state index contributed by atoms with van der Waals surface area (Å²) in [7, 11) is -3.82. The number of H-pyrrole nitrogens is 1. The Morgan fingerprint density at radius 1 is 1.03 bits per heavy atom. The van der Waals surface area contributed by atoms with E-state index >= 15 is 0 Å². The number of sulfonamides is 1. The van der Waals surface area contributed by atoms with Gasteiger partial charge in [-0.15, -0.1) is 0 Å². The van der Waals surface area contributed by atoms with Crippen LogP contribution in [0.25, 0.3) is 22.2 Å². The Morgan fingerprint density at radius 2 is 1.71 bits per heavy atom. The van der Waals surface area contributed by atoms with E-state index in [1.165, 1.54) is 6.20 Å². The number of aromatic nitrogens is 2. The predicted octanol–water partition coefficient (Wildman–Crippen LogP) is 5.47. The third-order valence-electron chi connectivity index (χ3n) is 5.76. The van der Waals surface area contributed by atoms with Crippen molar-refractivity contribution in [2.24, 2.45) is 0 Å². The number of aromatic amines is 1. The second kappa shape index (κ2) is 9.54. The van der Waals surface area contributed by atoms with Crippen LogP contribution in [0.2, 0.25) is 0 Å². The van der Waals surface area contributed by atoms with E-state index < -0.39 is 10.0 Å². The maximum Gasteiger partial charge on any atom is 0.268 e. The quantitative estimate of drug-likeness (QED) is 0.320. The minimum Gasteiger partial charge on any atom is -0.351 e. The van der Waals surface area contributed by atoms with E-state index in [-0.39, 0.29) is 16.2 Å². The van der Waals surface area contributed by atoms with Crippen molar-refractivity contribution in [2.75, 3.05) is 11.3 Å². The molecule has 0 bridgehead atoms. The molecule has 182 valence electrons. The molecule has 1 amide bonds. The number of nitrogens with one attached hydrogen (secondary N) is 3. The highest BCUT2D eigenvalue weighted by molar-refractivity contribution is 7.92. The highest BCUT2D eigenvalue weighted by atomic mass is 32.2. The molecule has 2 aromatic heterocycles. The zero-order valence-corrected chi connectivity index (χ0v) is 21.2. The maximum absolute atomic E-state index is 13.1. The minimum atomic E-state index is -3.82. The molecule has 0 radical (unpaired) electrons. The summed E-state index contributed by atoms with van der Waals surface area (Å²) in [6.07, 6.45) is 2.26. The lowest BCUT2D eigenvalue weighted by Gasteiger charge is -2.19. The Labute approximate surface area is 206 Å². The summed E-state index contributed by atoms with van der Waals surface area (Å²) >= 11 is 0. The second-order valence-electron chi connectivity index (χ2n) is 9.50. The molecule has 4 rings (SSSR count). The number of nitrogens with zero attached hydrogens (tertiary/aromatic N) is 1. The summed E-state index contributed by atoms with van der Waals surface area (Å²) in [5.74, 6) is -0.232. The molecule has 0 unspecified atom stereocenters. The number of carbonyl (C=O) groups excluding carboxylic acids is 1. The van der Waals surface area contributed by atoms with Crippen LogP contribution in [-0.4, -0.2) is 30.8 Å². The Hall–Kier alpha value is -3.65. The Bertz CT molecular complexity index is 1450. The van der Waals surface area contributed by atoms with Crippen LogP contribution >= 0.6 is 0 Å². The third kappa shape index (κ3) is 5.22. The fourth-order valence-electron chi connectivity index (χ4n) is 3.88. The molecule has 0 saturated heterocycles. The van der Waals surface area contributed by atoms with Crippen molar-refractivity contribution >= 4 is 32.7 Å². The van der Waals surface area contributed by atoms with Gasteiger partial charge in [0, 0.05) is 17.5 Å². The lowest BCUT2D eigenvalue weighted by Crippen LogP contribution is -2.24. The van der Waals surface area contributed by atoms with Crippen LogP contribution in [0.15, 0.2) is 71.8 Å². The van der Waals surface area contributed by atoms with Crippen LogP contribution in [0.5, 0.6) is 0 Å². The van der Waals surface area contributed by atoms with Gasteiger partial charge >= 0.3 is 0 Å².